The van der Waals surface area contributed by atoms with E-state index >= 15 is 0 Å². The highest BCUT2D eigenvalue weighted by atomic mass is 35.5. The first kappa shape index (κ1) is 14.0. The minimum absolute atomic E-state index is 0.151. The lowest BCUT2D eigenvalue weighted by atomic mass is 10.2. The number of carboxylic acid groups (broad SMARTS) is 1. The number of carbonyl (C=O) groups is 2. The molecule has 0 fully saturated rings. The average molecular weight is 291 g/mol. The Morgan fingerprint density at radius 2 is 1.90 bits per heavy atom. The number of hydrogen-bond donors (Lipinski definition) is 2. The van der Waals surface area contributed by atoms with Crippen molar-refractivity contribution in [2.45, 2.75) is 6.92 Å². The molecule has 0 atom stereocenters. The summed E-state index contributed by atoms with van der Waals surface area (Å²) in [6, 6.07) is 7.44. The summed E-state index contributed by atoms with van der Waals surface area (Å²) in [5.41, 5.74) is 1.62. The second-order valence-electron chi connectivity index (χ2n) is 4.14. The lowest BCUT2D eigenvalue weighted by Crippen LogP contribution is -2.13. The fraction of sp³-hybridized carbons (Fsp3) is 0.0714. The molecule has 5 nitrogen and oxygen atoms in total. The summed E-state index contributed by atoms with van der Waals surface area (Å²) in [4.78, 5) is 26.7. The minimum Gasteiger partial charge on any atom is -0.478 e. The van der Waals surface area contributed by atoms with Gasteiger partial charge in [-0.25, -0.2) is 4.79 Å². The summed E-state index contributed by atoms with van der Waals surface area (Å²) in [7, 11) is 0. The van der Waals surface area contributed by atoms with Crippen LogP contribution >= 0.6 is 11.6 Å². The topological polar surface area (TPSA) is 79.3 Å². The van der Waals surface area contributed by atoms with Crippen molar-refractivity contribution in [3.8, 4) is 0 Å². The van der Waals surface area contributed by atoms with Crippen LogP contribution in [0.2, 0.25) is 5.02 Å². The number of carbonyl (C=O) groups excluding carboxylic acids is 1. The number of anilines is 1. The third kappa shape index (κ3) is 3.13. The molecule has 0 aliphatic carbocycles. The van der Waals surface area contributed by atoms with Gasteiger partial charge in [0.1, 0.15) is 0 Å². The standard InChI is InChI=1S/C14H11ClN2O3/c1-8-6-12(15)11(7-16-8)13(18)17-10-4-2-9(3-5-10)14(19)20/h2-7H,1H3,(H,17,18)(H,19,20). The number of amides is 1. The average Bonchev–Trinajstić information content (AvgIpc) is 2.39. The zero-order valence-corrected chi connectivity index (χ0v) is 11.3. The van der Waals surface area contributed by atoms with Crippen LogP contribution in [0.3, 0.4) is 0 Å². The second-order valence-corrected chi connectivity index (χ2v) is 4.55. The van der Waals surface area contributed by atoms with Gasteiger partial charge in [0, 0.05) is 17.6 Å². The maximum atomic E-state index is 12.0. The molecule has 2 N–H and O–H groups in total. The number of nitrogens with one attached hydrogen (secondary N) is 1. The molecule has 20 heavy (non-hydrogen) atoms. The van der Waals surface area contributed by atoms with Crippen LogP contribution in [0.1, 0.15) is 26.4 Å². The second kappa shape index (κ2) is 5.71. The van der Waals surface area contributed by atoms with E-state index in [4.69, 9.17) is 16.7 Å². The number of pyridine rings is 1. The molecular weight excluding hydrogens is 280 g/mol. The Balaban J connectivity index is 2.17. The fourth-order valence-corrected chi connectivity index (χ4v) is 1.88. The van der Waals surface area contributed by atoms with Crippen LogP contribution in [0, 0.1) is 6.92 Å². The smallest absolute Gasteiger partial charge is 0.335 e. The van der Waals surface area contributed by atoms with E-state index in [2.05, 4.69) is 10.3 Å². The number of hydrogen-bond acceptors (Lipinski definition) is 3. The van der Waals surface area contributed by atoms with Crippen LogP contribution in [0.15, 0.2) is 36.5 Å². The number of rotatable bonds is 3. The van der Waals surface area contributed by atoms with E-state index in [-0.39, 0.29) is 11.1 Å². The summed E-state index contributed by atoms with van der Waals surface area (Å²) in [6.45, 7) is 1.78. The molecule has 102 valence electrons. The van der Waals surface area contributed by atoms with Crippen LogP contribution < -0.4 is 5.32 Å². The van der Waals surface area contributed by atoms with Gasteiger partial charge in [-0.1, -0.05) is 11.6 Å². The Kier molecular flexibility index (Phi) is 4.00. The van der Waals surface area contributed by atoms with Crippen LogP contribution in [-0.4, -0.2) is 22.0 Å². The number of carboxylic acids is 1. The van der Waals surface area contributed by atoms with Gasteiger partial charge in [-0.05, 0) is 37.3 Å². The summed E-state index contributed by atoms with van der Waals surface area (Å²) < 4.78 is 0. The maximum Gasteiger partial charge on any atom is 0.335 e. The first-order valence-corrected chi connectivity index (χ1v) is 6.12. The fourth-order valence-electron chi connectivity index (χ4n) is 1.59. The van der Waals surface area contributed by atoms with Crippen molar-refractivity contribution in [1.29, 1.82) is 0 Å². The Morgan fingerprint density at radius 3 is 2.45 bits per heavy atom. The number of nitrogens with zero attached hydrogens (tertiary/aromatic N) is 1. The Hall–Kier alpha value is -2.40. The van der Waals surface area contributed by atoms with E-state index in [1.54, 1.807) is 13.0 Å². The van der Waals surface area contributed by atoms with E-state index in [1.165, 1.54) is 30.5 Å². The molecule has 6 heteroatoms. The predicted molar refractivity (Wildman–Crippen MR) is 75.3 cm³/mol. The molecule has 0 bridgehead atoms. The van der Waals surface area contributed by atoms with Crippen LogP contribution in [0.4, 0.5) is 5.69 Å². The van der Waals surface area contributed by atoms with Crippen LogP contribution in [-0.2, 0) is 0 Å². The highest BCUT2D eigenvalue weighted by Crippen LogP contribution is 2.18. The number of halogens is 1. The van der Waals surface area contributed by atoms with Gasteiger partial charge >= 0.3 is 5.97 Å². The molecule has 1 aromatic carbocycles. The van der Waals surface area contributed by atoms with Gasteiger partial charge < -0.3 is 10.4 Å². The first-order chi connectivity index (χ1) is 9.47. The first-order valence-electron chi connectivity index (χ1n) is 5.74. The van der Waals surface area contributed by atoms with Crippen molar-refractivity contribution >= 4 is 29.2 Å². The monoisotopic (exact) mass is 290 g/mol. The molecule has 1 heterocycles. The Bertz CT molecular complexity index is 669. The lowest BCUT2D eigenvalue weighted by Gasteiger charge is -2.07. The van der Waals surface area contributed by atoms with Crippen LogP contribution in [0.25, 0.3) is 0 Å². The predicted octanol–water partition coefficient (Wildman–Crippen LogP) is 2.99. The third-order valence-electron chi connectivity index (χ3n) is 2.62. The summed E-state index contributed by atoms with van der Waals surface area (Å²) in [5.74, 6) is -1.42. The van der Waals surface area contributed by atoms with Crippen molar-refractivity contribution in [3.05, 3.63) is 58.4 Å². The van der Waals surface area contributed by atoms with Gasteiger partial charge in [0.2, 0.25) is 0 Å². The van der Waals surface area contributed by atoms with Crippen molar-refractivity contribution < 1.29 is 14.7 Å². The number of benzene rings is 1. The molecule has 2 rings (SSSR count). The van der Waals surface area contributed by atoms with E-state index < -0.39 is 11.9 Å². The Morgan fingerprint density at radius 1 is 1.25 bits per heavy atom. The largest absolute Gasteiger partial charge is 0.478 e. The molecule has 2 aromatic rings. The summed E-state index contributed by atoms with van der Waals surface area (Å²) >= 11 is 5.98. The maximum absolute atomic E-state index is 12.0. The van der Waals surface area contributed by atoms with E-state index in [1.807, 2.05) is 0 Å². The van der Waals surface area contributed by atoms with E-state index in [9.17, 15) is 9.59 Å². The normalized spacial score (nSPS) is 10.1. The molecule has 0 aliphatic rings. The quantitative estimate of drug-likeness (QED) is 0.911. The van der Waals surface area contributed by atoms with Crippen molar-refractivity contribution in [2.24, 2.45) is 0 Å². The van der Waals surface area contributed by atoms with Crippen molar-refractivity contribution in [2.75, 3.05) is 5.32 Å². The van der Waals surface area contributed by atoms with Gasteiger partial charge in [0.05, 0.1) is 16.1 Å². The highest BCUT2D eigenvalue weighted by Gasteiger charge is 2.11. The number of aryl methyl sites for hydroxylation is 1. The summed E-state index contributed by atoms with van der Waals surface area (Å²) in [5, 5.41) is 11.7. The lowest BCUT2D eigenvalue weighted by molar-refractivity contribution is 0.0696. The zero-order valence-electron chi connectivity index (χ0n) is 10.6. The minimum atomic E-state index is -1.02. The van der Waals surface area contributed by atoms with Crippen molar-refractivity contribution in [3.63, 3.8) is 0 Å². The SMILES string of the molecule is Cc1cc(Cl)c(C(=O)Nc2ccc(C(=O)O)cc2)cn1. The number of aromatic carboxylic acids is 1. The van der Waals surface area contributed by atoms with E-state index in [0.29, 0.717) is 10.7 Å². The van der Waals surface area contributed by atoms with Gasteiger partial charge in [-0.15, -0.1) is 0 Å². The van der Waals surface area contributed by atoms with E-state index in [0.717, 1.165) is 5.69 Å². The van der Waals surface area contributed by atoms with Gasteiger partial charge in [0.25, 0.3) is 5.91 Å². The molecule has 0 unspecified atom stereocenters. The highest BCUT2D eigenvalue weighted by molar-refractivity contribution is 6.34. The molecule has 0 spiro atoms. The number of aromatic nitrogens is 1. The molecule has 0 radical (unpaired) electrons. The molecular formula is C14H11ClN2O3. The molecule has 1 amide bonds. The third-order valence-corrected chi connectivity index (χ3v) is 2.94. The Labute approximate surface area is 120 Å². The summed E-state index contributed by atoms with van der Waals surface area (Å²) in [6.07, 6.45) is 1.40. The molecule has 0 aliphatic heterocycles. The van der Waals surface area contributed by atoms with Gasteiger partial charge in [-0.2, -0.15) is 0 Å². The van der Waals surface area contributed by atoms with Crippen LogP contribution in [0.5, 0.6) is 0 Å². The van der Waals surface area contributed by atoms with Gasteiger partial charge in [-0.3, -0.25) is 9.78 Å². The van der Waals surface area contributed by atoms with Crippen molar-refractivity contribution in [1.82, 2.24) is 4.98 Å². The molecule has 1 aromatic heterocycles. The van der Waals surface area contributed by atoms with Gasteiger partial charge in [0.15, 0.2) is 0 Å². The zero-order chi connectivity index (χ0) is 14.7. The molecule has 0 saturated heterocycles. The molecule has 0 saturated carbocycles.